The molecule has 0 aromatic heterocycles. The summed E-state index contributed by atoms with van der Waals surface area (Å²) in [5, 5.41) is 12.5. The summed E-state index contributed by atoms with van der Waals surface area (Å²) in [6.07, 6.45) is 1.72. The normalized spacial score (nSPS) is 24.6. The van der Waals surface area contributed by atoms with Crippen molar-refractivity contribution in [2.75, 3.05) is 19.7 Å². The number of amides is 2. The second-order valence-electron chi connectivity index (χ2n) is 10.7. The maximum atomic E-state index is 13.3. The van der Waals surface area contributed by atoms with E-state index in [-0.39, 0.29) is 36.9 Å². The van der Waals surface area contributed by atoms with E-state index in [0.717, 1.165) is 17.5 Å². The summed E-state index contributed by atoms with van der Waals surface area (Å²) in [6, 6.07) is 16.1. The Morgan fingerprint density at radius 2 is 1.66 bits per heavy atom. The van der Waals surface area contributed by atoms with Crippen LogP contribution >= 0.6 is 0 Å². The van der Waals surface area contributed by atoms with Gasteiger partial charge in [0, 0.05) is 25.0 Å². The molecular formula is C28H32N2O5. The van der Waals surface area contributed by atoms with Crippen molar-refractivity contribution in [3.8, 4) is 11.1 Å². The van der Waals surface area contributed by atoms with Crippen molar-refractivity contribution in [2.24, 2.45) is 17.3 Å². The third-order valence-electron chi connectivity index (χ3n) is 8.03. The molecule has 1 saturated heterocycles. The lowest BCUT2D eigenvalue weighted by Gasteiger charge is -2.26. The van der Waals surface area contributed by atoms with Crippen LogP contribution in [0.5, 0.6) is 0 Å². The van der Waals surface area contributed by atoms with Crippen LogP contribution < -0.4 is 5.32 Å². The highest BCUT2D eigenvalue weighted by Gasteiger charge is 2.48. The number of hydrogen-bond donors (Lipinski definition) is 2. The Balaban J connectivity index is 1.21. The Morgan fingerprint density at radius 1 is 1.03 bits per heavy atom. The highest BCUT2D eigenvalue weighted by Crippen LogP contribution is 2.44. The van der Waals surface area contributed by atoms with Gasteiger partial charge in [-0.05, 0) is 40.5 Å². The molecule has 2 aromatic carbocycles. The van der Waals surface area contributed by atoms with Crippen LogP contribution in [0.3, 0.4) is 0 Å². The molecule has 2 aromatic rings. The van der Waals surface area contributed by atoms with E-state index >= 15 is 0 Å². The van der Waals surface area contributed by atoms with Gasteiger partial charge in [0.1, 0.15) is 6.61 Å². The molecule has 2 aliphatic carbocycles. The van der Waals surface area contributed by atoms with Crippen molar-refractivity contribution in [1.82, 2.24) is 10.2 Å². The maximum absolute atomic E-state index is 13.3. The molecule has 1 saturated carbocycles. The molecule has 7 nitrogen and oxygen atoms in total. The molecule has 2 N–H and O–H groups in total. The molecule has 2 fully saturated rings. The number of likely N-dealkylation sites (tertiary alicyclic amines) is 1. The Labute approximate surface area is 205 Å². The molecule has 3 atom stereocenters. The average molecular weight is 477 g/mol. The van der Waals surface area contributed by atoms with Crippen molar-refractivity contribution in [1.29, 1.82) is 0 Å². The van der Waals surface area contributed by atoms with E-state index < -0.39 is 23.4 Å². The highest BCUT2D eigenvalue weighted by molar-refractivity contribution is 5.83. The number of aliphatic carboxylic acids is 1. The van der Waals surface area contributed by atoms with Gasteiger partial charge in [0.15, 0.2) is 0 Å². The summed E-state index contributed by atoms with van der Waals surface area (Å²) < 4.78 is 5.68. The maximum Gasteiger partial charge on any atom is 0.407 e. The SMILES string of the molecule is CC1(C)CN(C(=O)[C@@H]2CCC[C@@H]2NC(=O)OCC2c3ccccc3-c3ccccc32)CC1C(=O)O. The van der Waals surface area contributed by atoms with E-state index in [4.69, 9.17) is 4.74 Å². The van der Waals surface area contributed by atoms with E-state index in [1.807, 2.05) is 38.1 Å². The fraction of sp³-hybridized carbons (Fsp3) is 0.464. The predicted molar refractivity (Wildman–Crippen MR) is 131 cm³/mol. The van der Waals surface area contributed by atoms with Crippen LogP contribution in [0.4, 0.5) is 4.79 Å². The topological polar surface area (TPSA) is 95.9 Å². The molecule has 3 aliphatic rings. The van der Waals surface area contributed by atoms with Gasteiger partial charge in [0.05, 0.1) is 11.8 Å². The van der Waals surface area contributed by atoms with Crippen molar-refractivity contribution in [2.45, 2.75) is 45.1 Å². The summed E-state index contributed by atoms with van der Waals surface area (Å²) in [7, 11) is 0. The van der Waals surface area contributed by atoms with Crippen molar-refractivity contribution >= 4 is 18.0 Å². The zero-order valence-electron chi connectivity index (χ0n) is 20.2. The molecule has 1 unspecified atom stereocenters. The Kier molecular flexibility index (Phi) is 6.03. The number of nitrogens with one attached hydrogen (secondary N) is 1. The largest absolute Gasteiger partial charge is 0.481 e. The van der Waals surface area contributed by atoms with Crippen LogP contribution in [0.1, 0.15) is 50.2 Å². The lowest BCUT2D eigenvalue weighted by atomic mass is 9.82. The number of carbonyl (C=O) groups excluding carboxylic acids is 2. The second kappa shape index (κ2) is 9.02. The lowest BCUT2D eigenvalue weighted by Crippen LogP contribution is -2.45. The summed E-state index contributed by atoms with van der Waals surface area (Å²) >= 11 is 0. The van der Waals surface area contributed by atoms with Gasteiger partial charge in [-0.25, -0.2) is 4.79 Å². The van der Waals surface area contributed by atoms with Crippen LogP contribution in [0.2, 0.25) is 0 Å². The van der Waals surface area contributed by atoms with Crippen molar-refractivity contribution in [3.63, 3.8) is 0 Å². The summed E-state index contributed by atoms with van der Waals surface area (Å²) in [5.74, 6) is -1.89. The molecular weight excluding hydrogens is 444 g/mol. The number of carbonyl (C=O) groups is 3. The number of fused-ring (bicyclic) bond motifs is 3. The molecule has 0 spiro atoms. The molecule has 5 rings (SSSR count). The first-order chi connectivity index (χ1) is 16.8. The van der Waals surface area contributed by atoms with Gasteiger partial charge in [-0.1, -0.05) is 68.8 Å². The average Bonchev–Trinajstić information content (AvgIpc) is 3.51. The van der Waals surface area contributed by atoms with Crippen molar-refractivity contribution in [3.05, 3.63) is 59.7 Å². The number of benzene rings is 2. The van der Waals surface area contributed by atoms with E-state index in [1.54, 1.807) is 4.90 Å². The molecule has 2 amide bonds. The monoisotopic (exact) mass is 476 g/mol. The van der Waals surface area contributed by atoms with Crippen LogP contribution in [0.15, 0.2) is 48.5 Å². The van der Waals surface area contributed by atoms with Crippen LogP contribution in [-0.2, 0) is 14.3 Å². The fourth-order valence-corrected chi connectivity index (χ4v) is 6.17. The zero-order valence-corrected chi connectivity index (χ0v) is 20.2. The summed E-state index contributed by atoms with van der Waals surface area (Å²) in [5.41, 5.74) is 4.18. The number of rotatable bonds is 5. The third-order valence-corrected chi connectivity index (χ3v) is 8.03. The Morgan fingerprint density at radius 3 is 2.26 bits per heavy atom. The smallest absolute Gasteiger partial charge is 0.407 e. The predicted octanol–water partition coefficient (Wildman–Crippen LogP) is 4.26. The van der Waals surface area contributed by atoms with Gasteiger partial charge in [0.2, 0.25) is 5.91 Å². The first-order valence-electron chi connectivity index (χ1n) is 12.4. The first-order valence-corrected chi connectivity index (χ1v) is 12.4. The quantitative estimate of drug-likeness (QED) is 0.672. The minimum Gasteiger partial charge on any atom is -0.481 e. The highest BCUT2D eigenvalue weighted by atomic mass is 16.5. The minimum absolute atomic E-state index is 0.0195. The molecule has 0 bridgehead atoms. The van der Waals surface area contributed by atoms with Gasteiger partial charge >= 0.3 is 12.1 Å². The van der Waals surface area contributed by atoms with Crippen LogP contribution in [0.25, 0.3) is 11.1 Å². The van der Waals surface area contributed by atoms with Gasteiger partial charge in [-0.15, -0.1) is 0 Å². The number of hydrogen-bond acceptors (Lipinski definition) is 4. The van der Waals surface area contributed by atoms with Crippen LogP contribution in [-0.4, -0.2) is 53.7 Å². The van der Waals surface area contributed by atoms with Crippen molar-refractivity contribution < 1.29 is 24.2 Å². The molecule has 7 heteroatoms. The van der Waals surface area contributed by atoms with Gasteiger partial charge in [-0.3, -0.25) is 9.59 Å². The van der Waals surface area contributed by atoms with Gasteiger partial charge in [0.25, 0.3) is 0 Å². The third kappa shape index (κ3) is 4.28. The molecule has 1 heterocycles. The number of nitrogens with zero attached hydrogens (tertiary/aromatic N) is 1. The Bertz CT molecular complexity index is 1110. The molecule has 0 radical (unpaired) electrons. The first kappa shape index (κ1) is 23.4. The van der Waals surface area contributed by atoms with E-state index in [0.29, 0.717) is 19.4 Å². The number of carboxylic acid groups (broad SMARTS) is 1. The lowest BCUT2D eigenvalue weighted by molar-refractivity contribution is -0.144. The zero-order chi connectivity index (χ0) is 24.7. The van der Waals surface area contributed by atoms with Gasteiger partial charge in [-0.2, -0.15) is 0 Å². The van der Waals surface area contributed by atoms with Crippen LogP contribution in [0, 0.1) is 17.3 Å². The summed E-state index contributed by atoms with van der Waals surface area (Å²) in [4.78, 5) is 39.4. The number of carboxylic acids is 1. The second-order valence-corrected chi connectivity index (χ2v) is 10.7. The molecule has 35 heavy (non-hydrogen) atoms. The molecule has 1 aliphatic heterocycles. The number of alkyl carbamates (subject to hydrolysis) is 1. The minimum atomic E-state index is -0.870. The van der Waals surface area contributed by atoms with E-state index in [2.05, 4.69) is 29.6 Å². The fourth-order valence-electron chi connectivity index (χ4n) is 6.17. The molecule has 184 valence electrons. The van der Waals surface area contributed by atoms with Gasteiger partial charge < -0.3 is 20.1 Å². The van der Waals surface area contributed by atoms with E-state index in [1.165, 1.54) is 11.1 Å². The summed E-state index contributed by atoms with van der Waals surface area (Å²) in [6.45, 7) is 4.64. The van der Waals surface area contributed by atoms with E-state index in [9.17, 15) is 19.5 Å². The number of ether oxygens (including phenoxy) is 1. The standard InChI is InChI=1S/C28H32N2O5/c1-28(2)16-30(14-23(28)26(32)33)25(31)21-12-7-13-24(21)29-27(34)35-15-22-19-10-5-3-8-17(19)18-9-4-6-11-20(18)22/h3-6,8-11,21-24H,7,12-16H2,1-2H3,(H,29,34)(H,32,33)/t21-,23?,24+/m1/s1. The Hall–Kier alpha value is -3.35.